The summed E-state index contributed by atoms with van der Waals surface area (Å²) in [7, 11) is 0. The molecule has 1 aromatic carbocycles. The second-order valence-corrected chi connectivity index (χ2v) is 6.64. The number of amides is 1. The maximum absolute atomic E-state index is 13.2. The Morgan fingerprint density at radius 3 is 2.54 bits per heavy atom. The minimum absolute atomic E-state index is 0.233. The molecule has 2 aromatic rings. The van der Waals surface area contributed by atoms with Crippen molar-refractivity contribution in [2.75, 3.05) is 0 Å². The predicted molar refractivity (Wildman–Crippen MR) is 92.7 cm³/mol. The summed E-state index contributed by atoms with van der Waals surface area (Å²) < 4.78 is 23.9. The fraction of sp³-hybridized carbons (Fsp3) is 0.400. The van der Waals surface area contributed by atoms with E-state index >= 15 is 0 Å². The van der Waals surface area contributed by atoms with E-state index < -0.39 is 17.5 Å². The largest absolute Gasteiger partial charge is 0.467 e. The van der Waals surface area contributed by atoms with Crippen LogP contribution in [-0.4, -0.2) is 18.0 Å². The molecule has 0 bridgehead atoms. The molecule has 0 saturated heterocycles. The summed E-state index contributed by atoms with van der Waals surface area (Å²) in [6, 6.07) is 9.44. The van der Waals surface area contributed by atoms with Crippen molar-refractivity contribution in [2.24, 2.45) is 0 Å². The summed E-state index contributed by atoms with van der Waals surface area (Å²) in [6.07, 6.45) is 3.67. The molecule has 1 N–H and O–H groups in total. The number of hydrogen-bond acceptors (Lipinski definition) is 4. The Morgan fingerprint density at radius 2 is 1.92 bits per heavy atom. The average molecular weight is 359 g/mol. The Labute approximate surface area is 151 Å². The lowest BCUT2D eigenvalue weighted by molar-refractivity contribution is -0.160. The second-order valence-electron chi connectivity index (χ2n) is 6.64. The molecule has 0 spiro atoms. The fourth-order valence-electron chi connectivity index (χ4n) is 3.42. The van der Waals surface area contributed by atoms with E-state index in [1.165, 1.54) is 18.4 Å². The number of nitrogens with one attached hydrogen (secondary N) is 1. The number of furan rings is 1. The maximum atomic E-state index is 13.2. The van der Waals surface area contributed by atoms with Gasteiger partial charge in [-0.05, 0) is 49.6 Å². The number of esters is 1. The zero-order chi connectivity index (χ0) is 18.6. The van der Waals surface area contributed by atoms with Crippen LogP contribution in [0, 0.1) is 5.82 Å². The van der Waals surface area contributed by atoms with E-state index in [1.807, 2.05) is 0 Å². The van der Waals surface area contributed by atoms with Crippen LogP contribution in [0.2, 0.25) is 0 Å². The van der Waals surface area contributed by atoms with Crippen molar-refractivity contribution in [3.8, 4) is 0 Å². The molecule has 1 aliphatic carbocycles. The van der Waals surface area contributed by atoms with Gasteiger partial charge in [0.1, 0.15) is 11.6 Å². The monoisotopic (exact) mass is 359 g/mol. The van der Waals surface area contributed by atoms with Crippen molar-refractivity contribution in [3.05, 3.63) is 59.8 Å². The van der Waals surface area contributed by atoms with Gasteiger partial charge in [0.15, 0.2) is 6.10 Å². The van der Waals surface area contributed by atoms with Crippen molar-refractivity contribution in [1.82, 2.24) is 5.32 Å². The van der Waals surface area contributed by atoms with Crippen LogP contribution >= 0.6 is 0 Å². The van der Waals surface area contributed by atoms with Crippen LogP contribution in [0.1, 0.15) is 43.9 Å². The van der Waals surface area contributed by atoms with Crippen LogP contribution in [0.5, 0.6) is 0 Å². The van der Waals surface area contributed by atoms with Crippen LogP contribution in [0.4, 0.5) is 4.39 Å². The number of benzene rings is 1. The smallest absolute Gasteiger partial charge is 0.317 e. The molecule has 1 heterocycles. The van der Waals surface area contributed by atoms with E-state index in [1.54, 1.807) is 31.2 Å². The quantitative estimate of drug-likeness (QED) is 0.802. The van der Waals surface area contributed by atoms with E-state index in [0.717, 1.165) is 18.4 Å². The molecule has 0 aliphatic heterocycles. The molecular weight excluding hydrogens is 337 g/mol. The summed E-state index contributed by atoms with van der Waals surface area (Å²) in [5.74, 6) is -0.541. The molecule has 1 amide bonds. The van der Waals surface area contributed by atoms with Crippen molar-refractivity contribution < 1.29 is 23.1 Å². The Morgan fingerprint density at radius 1 is 1.23 bits per heavy atom. The van der Waals surface area contributed by atoms with Crippen LogP contribution in [0.15, 0.2) is 47.1 Å². The molecule has 5 nitrogen and oxygen atoms in total. The highest BCUT2D eigenvalue weighted by Crippen LogP contribution is 2.42. The molecule has 1 aliphatic rings. The average Bonchev–Trinajstić information content (AvgIpc) is 3.32. The Hall–Kier alpha value is -2.63. The van der Waals surface area contributed by atoms with Gasteiger partial charge in [0.25, 0.3) is 5.91 Å². The highest BCUT2D eigenvalue weighted by molar-refractivity contribution is 5.88. The summed E-state index contributed by atoms with van der Waals surface area (Å²) in [5.41, 5.74) is -0.0620. The zero-order valence-electron chi connectivity index (χ0n) is 14.7. The fourth-order valence-corrected chi connectivity index (χ4v) is 3.42. The zero-order valence-corrected chi connectivity index (χ0v) is 14.7. The molecule has 26 heavy (non-hydrogen) atoms. The molecule has 6 heteroatoms. The Bertz CT molecular complexity index is 749. The first-order chi connectivity index (χ1) is 12.5. The number of carbonyl (C=O) groups is 2. The number of rotatable bonds is 6. The van der Waals surface area contributed by atoms with E-state index in [0.29, 0.717) is 18.6 Å². The maximum Gasteiger partial charge on any atom is 0.317 e. The molecule has 1 fully saturated rings. The summed E-state index contributed by atoms with van der Waals surface area (Å²) in [5, 5.41) is 2.68. The first-order valence-corrected chi connectivity index (χ1v) is 8.78. The van der Waals surface area contributed by atoms with Gasteiger partial charge in [-0.15, -0.1) is 0 Å². The molecule has 1 atom stereocenters. The Kier molecular flexibility index (Phi) is 5.40. The van der Waals surface area contributed by atoms with Gasteiger partial charge in [0, 0.05) is 0 Å². The molecule has 1 aromatic heterocycles. The highest BCUT2D eigenvalue weighted by Gasteiger charge is 2.45. The molecular formula is C20H22FNO4. The SMILES string of the molecule is C[C@H](OC(=O)C1(c2ccc(F)cc2)CCCC1)C(=O)NCc1ccco1. The third-order valence-electron chi connectivity index (χ3n) is 4.91. The lowest BCUT2D eigenvalue weighted by Gasteiger charge is -2.28. The number of hydrogen-bond donors (Lipinski definition) is 1. The van der Waals surface area contributed by atoms with Gasteiger partial charge in [0.2, 0.25) is 0 Å². The predicted octanol–water partition coefficient (Wildman–Crippen LogP) is 3.48. The minimum Gasteiger partial charge on any atom is -0.467 e. The standard InChI is InChI=1S/C20H22FNO4/c1-14(18(23)22-13-17-5-4-12-25-17)26-19(24)20(10-2-3-11-20)15-6-8-16(21)9-7-15/h4-9,12,14H,2-3,10-11,13H2,1H3,(H,22,23)/t14-/m0/s1. The van der Waals surface area contributed by atoms with E-state index in [9.17, 15) is 14.0 Å². The van der Waals surface area contributed by atoms with Crippen LogP contribution in [0.25, 0.3) is 0 Å². The molecule has 0 unspecified atom stereocenters. The van der Waals surface area contributed by atoms with Crippen molar-refractivity contribution in [1.29, 1.82) is 0 Å². The van der Waals surface area contributed by atoms with Crippen molar-refractivity contribution >= 4 is 11.9 Å². The van der Waals surface area contributed by atoms with Crippen molar-refractivity contribution in [3.63, 3.8) is 0 Å². The molecule has 0 radical (unpaired) electrons. The van der Waals surface area contributed by atoms with E-state index in [4.69, 9.17) is 9.15 Å². The van der Waals surface area contributed by atoms with Gasteiger partial charge in [-0.25, -0.2) is 4.39 Å². The van der Waals surface area contributed by atoms with E-state index in [2.05, 4.69) is 5.32 Å². The lowest BCUT2D eigenvalue weighted by atomic mass is 9.79. The third-order valence-corrected chi connectivity index (χ3v) is 4.91. The van der Waals surface area contributed by atoms with Crippen LogP contribution < -0.4 is 5.32 Å². The lowest BCUT2D eigenvalue weighted by Crippen LogP contribution is -2.41. The van der Waals surface area contributed by atoms with Gasteiger partial charge in [-0.3, -0.25) is 9.59 Å². The first kappa shape index (κ1) is 18.2. The molecule has 3 rings (SSSR count). The minimum atomic E-state index is -0.921. The number of carbonyl (C=O) groups excluding carboxylic acids is 2. The van der Waals surface area contributed by atoms with Gasteiger partial charge in [0.05, 0.1) is 18.2 Å². The number of halogens is 1. The third kappa shape index (κ3) is 3.79. The number of ether oxygens (including phenoxy) is 1. The first-order valence-electron chi connectivity index (χ1n) is 8.78. The van der Waals surface area contributed by atoms with Gasteiger partial charge in [-0.1, -0.05) is 25.0 Å². The topological polar surface area (TPSA) is 68.5 Å². The van der Waals surface area contributed by atoms with Gasteiger partial charge < -0.3 is 14.5 Å². The normalized spacial score (nSPS) is 16.8. The molecule has 1 saturated carbocycles. The van der Waals surface area contributed by atoms with Crippen LogP contribution in [-0.2, 0) is 26.3 Å². The van der Waals surface area contributed by atoms with E-state index in [-0.39, 0.29) is 18.3 Å². The highest BCUT2D eigenvalue weighted by atomic mass is 19.1. The Balaban J connectivity index is 1.66. The summed E-state index contributed by atoms with van der Waals surface area (Å²) in [4.78, 5) is 25.1. The van der Waals surface area contributed by atoms with Gasteiger partial charge >= 0.3 is 5.97 Å². The van der Waals surface area contributed by atoms with Gasteiger partial charge in [-0.2, -0.15) is 0 Å². The second kappa shape index (κ2) is 7.72. The molecule has 138 valence electrons. The van der Waals surface area contributed by atoms with Crippen molar-refractivity contribution in [2.45, 2.75) is 50.7 Å². The van der Waals surface area contributed by atoms with Crippen LogP contribution in [0.3, 0.4) is 0 Å². The summed E-state index contributed by atoms with van der Waals surface area (Å²) >= 11 is 0. The summed E-state index contributed by atoms with van der Waals surface area (Å²) in [6.45, 7) is 1.78.